The average Bonchev–Trinajstić information content (AvgIpc) is 3.05. The lowest BCUT2D eigenvalue weighted by Gasteiger charge is -2.15. The minimum absolute atomic E-state index is 0.0495. The lowest BCUT2D eigenvalue weighted by Crippen LogP contribution is -2.29. The number of nitrogens with zero attached hydrogens (tertiary/aromatic N) is 5. The topological polar surface area (TPSA) is 63.9 Å². The highest BCUT2D eigenvalue weighted by Gasteiger charge is 2.30. The Morgan fingerprint density at radius 3 is 2.90 bits per heavy atom. The Balaban J connectivity index is 1.74. The molecule has 6 heteroatoms. The van der Waals surface area contributed by atoms with E-state index in [1.54, 1.807) is 12.4 Å². The van der Waals surface area contributed by atoms with E-state index in [1.807, 2.05) is 25.1 Å². The van der Waals surface area contributed by atoms with E-state index >= 15 is 0 Å². The van der Waals surface area contributed by atoms with Crippen LogP contribution in [0.4, 0.5) is 0 Å². The van der Waals surface area contributed by atoms with Crippen LogP contribution in [0.2, 0.25) is 0 Å². The highest BCUT2D eigenvalue weighted by molar-refractivity contribution is 5.92. The average molecular weight is 271 g/mol. The quantitative estimate of drug-likeness (QED) is 0.822. The molecule has 1 unspecified atom stereocenters. The molecular weight excluding hydrogens is 254 g/mol. The summed E-state index contributed by atoms with van der Waals surface area (Å²) in [5.74, 6) is 1.30. The molecule has 0 saturated carbocycles. The molecule has 20 heavy (non-hydrogen) atoms. The molecule has 3 rings (SSSR count). The summed E-state index contributed by atoms with van der Waals surface area (Å²) in [5, 5.41) is 0. The van der Waals surface area contributed by atoms with E-state index in [4.69, 9.17) is 0 Å². The summed E-state index contributed by atoms with van der Waals surface area (Å²) in [6.07, 6.45) is 7.59. The number of likely N-dealkylation sites (tertiary alicyclic amines) is 1. The Hall–Kier alpha value is -2.24. The van der Waals surface area contributed by atoms with Crippen molar-refractivity contribution in [2.75, 3.05) is 13.1 Å². The Bertz CT molecular complexity index is 622. The fourth-order valence-electron chi connectivity index (χ4n) is 2.74. The van der Waals surface area contributed by atoms with Gasteiger partial charge in [-0.1, -0.05) is 0 Å². The third kappa shape index (κ3) is 2.29. The SMILES string of the molecule is Cc1cn(C)c(C2CCN(C(=O)c3cnccn3)C2)n1. The van der Waals surface area contributed by atoms with E-state index < -0.39 is 0 Å². The summed E-state index contributed by atoms with van der Waals surface area (Å²) in [4.78, 5) is 26.7. The number of aromatic nitrogens is 4. The van der Waals surface area contributed by atoms with Crippen molar-refractivity contribution in [1.82, 2.24) is 24.4 Å². The molecule has 3 heterocycles. The minimum atomic E-state index is -0.0495. The van der Waals surface area contributed by atoms with Crippen LogP contribution in [0.15, 0.2) is 24.8 Å². The van der Waals surface area contributed by atoms with E-state index in [-0.39, 0.29) is 5.91 Å². The number of amides is 1. The van der Waals surface area contributed by atoms with E-state index in [0.29, 0.717) is 18.2 Å². The van der Waals surface area contributed by atoms with Gasteiger partial charge in [-0.15, -0.1) is 0 Å². The van der Waals surface area contributed by atoms with Crippen LogP contribution in [0, 0.1) is 6.92 Å². The van der Waals surface area contributed by atoms with Gasteiger partial charge >= 0.3 is 0 Å². The van der Waals surface area contributed by atoms with Gasteiger partial charge in [0, 0.05) is 44.6 Å². The Labute approximate surface area is 117 Å². The summed E-state index contributed by atoms with van der Waals surface area (Å²) in [7, 11) is 2.00. The molecule has 1 aliphatic heterocycles. The molecule has 2 aromatic heterocycles. The van der Waals surface area contributed by atoms with Crippen LogP contribution in [0.25, 0.3) is 0 Å². The number of hydrogen-bond donors (Lipinski definition) is 0. The van der Waals surface area contributed by atoms with E-state index in [2.05, 4.69) is 19.5 Å². The van der Waals surface area contributed by atoms with Gasteiger partial charge in [0.25, 0.3) is 5.91 Å². The first-order chi connectivity index (χ1) is 9.65. The molecular formula is C14H17N5O. The molecule has 1 fully saturated rings. The standard InChI is InChI=1S/C14H17N5O/c1-10-8-18(2)13(17-10)11-3-6-19(9-11)14(20)12-7-15-4-5-16-12/h4-5,7-8,11H,3,6,9H2,1-2H3. The molecule has 0 radical (unpaired) electrons. The maximum absolute atomic E-state index is 12.3. The van der Waals surface area contributed by atoms with Crippen LogP contribution >= 0.6 is 0 Å². The normalized spacial score (nSPS) is 18.5. The van der Waals surface area contributed by atoms with E-state index in [9.17, 15) is 4.79 Å². The van der Waals surface area contributed by atoms with Gasteiger partial charge in [0.05, 0.1) is 11.9 Å². The highest BCUT2D eigenvalue weighted by atomic mass is 16.2. The van der Waals surface area contributed by atoms with Crippen molar-refractivity contribution >= 4 is 5.91 Å². The van der Waals surface area contributed by atoms with Gasteiger partial charge in [0.2, 0.25) is 0 Å². The first kappa shape index (κ1) is 12.8. The molecule has 1 atom stereocenters. The molecule has 0 spiro atoms. The zero-order valence-electron chi connectivity index (χ0n) is 11.7. The van der Waals surface area contributed by atoms with Crippen LogP contribution in [-0.4, -0.2) is 43.4 Å². The number of rotatable bonds is 2. The van der Waals surface area contributed by atoms with Crippen molar-refractivity contribution in [3.8, 4) is 0 Å². The van der Waals surface area contributed by atoms with E-state index in [0.717, 1.165) is 24.5 Å². The lowest BCUT2D eigenvalue weighted by atomic mass is 10.1. The summed E-state index contributed by atoms with van der Waals surface area (Å²) in [5.41, 5.74) is 1.42. The van der Waals surface area contributed by atoms with Crippen molar-refractivity contribution in [2.24, 2.45) is 7.05 Å². The number of imidazole rings is 1. The number of carbonyl (C=O) groups is 1. The van der Waals surface area contributed by atoms with E-state index in [1.165, 1.54) is 6.20 Å². The lowest BCUT2D eigenvalue weighted by molar-refractivity contribution is 0.0784. The second kappa shape index (κ2) is 5.03. The fraction of sp³-hybridized carbons (Fsp3) is 0.429. The van der Waals surface area contributed by atoms with Gasteiger partial charge in [-0.05, 0) is 13.3 Å². The summed E-state index contributed by atoms with van der Waals surface area (Å²) < 4.78 is 2.05. The monoisotopic (exact) mass is 271 g/mol. The molecule has 0 aromatic carbocycles. The summed E-state index contributed by atoms with van der Waals surface area (Å²) >= 11 is 0. The molecule has 2 aromatic rings. The zero-order chi connectivity index (χ0) is 14.1. The number of carbonyl (C=O) groups excluding carboxylic acids is 1. The molecule has 0 aliphatic carbocycles. The van der Waals surface area contributed by atoms with Crippen molar-refractivity contribution < 1.29 is 4.79 Å². The number of aryl methyl sites for hydroxylation is 2. The molecule has 1 amide bonds. The van der Waals surface area contributed by atoms with Gasteiger partial charge in [-0.3, -0.25) is 9.78 Å². The largest absolute Gasteiger partial charge is 0.337 e. The van der Waals surface area contributed by atoms with Crippen LogP contribution in [0.3, 0.4) is 0 Å². The predicted octanol–water partition coefficient (Wildman–Crippen LogP) is 1.15. The summed E-state index contributed by atoms with van der Waals surface area (Å²) in [6.45, 7) is 3.42. The first-order valence-corrected chi connectivity index (χ1v) is 6.70. The second-order valence-electron chi connectivity index (χ2n) is 5.18. The molecule has 1 aliphatic rings. The molecule has 6 nitrogen and oxygen atoms in total. The number of hydrogen-bond acceptors (Lipinski definition) is 4. The van der Waals surface area contributed by atoms with Crippen molar-refractivity contribution in [3.05, 3.63) is 42.0 Å². The van der Waals surface area contributed by atoms with Crippen molar-refractivity contribution in [3.63, 3.8) is 0 Å². The minimum Gasteiger partial charge on any atom is -0.337 e. The predicted molar refractivity (Wildman–Crippen MR) is 73.2 cm³/mol. The van der Waals surface area contributed by atoms with Gasteiger partial charge in [-0.25, -0.2) is 9.97 Å². The Morgan fingerprint density at radius 1 is 1.40 bits per heavy atom. The van der Waals surface area contributed by atoms with Gasteiger partial charge < -0.3 is 9.47 Å². The van der Waals surface area contributed by atoms with Crippen LogP contribution in [0.1, 0.15) is 34.3 Å². The molecule has 0 bridgehead atoms. The zero-order valence-corrected chi connectivity index (χ0v) is 11.7. The van der Waals surface area contributed by atoms with Gasteiger partial charge in [-0.2, -0.15) is 0 Å². The highest BCUT2D eigenvalue weighted by Crippen LogP contribution is 2.27. The fourth-order valence-corrected chi connectivity index (χ4v) is 2.74. The van der Waals surface area contributed by atoms with Crippen molar-refractivity contribution in [2.45, 2.75) is 19.3 Å². The third-order valence-corrected chi connectivity index (χ3v) is 3.66. The Kier molecular flexibility index (Phi) is 3.22. The first-order valence-electron chi connectivity index (χ1n) is 6.70. The second-order valence-corrected chi connectivity index (χ2v) is 5.18. The van der Waals surface area contributed by atoms with Gasteiger partial charge in [0.15, 0.2) is 0 Å². The Morgan fingerprint density at radius 2 is 2.25 bits per heavy atom. The van der Waals surface area contributed by atoms with Crippen LogP contribution < -0.4 is 0 Å². The summed E-state index contributed by atoms with van der Waals surface area (Å²) in [6, 6.07) is 0. The van der Waals surface area contributed by atoms with Gasteiger partial charge in [0.1, 0.15) is 11.5 Å². The van der Waals surface area contributed by atoms with Crippen LogP contribution in [-0.2, 0) is 7.05 Å². The maximum Gasteiger partial charge on any atom is 0.274 e. The van der Waals surface area contributed by atoms with Crippen molar-refractivity contribution in [1.29, 1.82) is 0 Å². The maximum atomic E-state index is 12.3. The molecule has 0 N–H and O–H groups in total. The third-order valence-electron chi connectivity index (χ3n) is 3.66. The molecule has 104 valence electrons. The smallest absolute Gasteiger partial charge is 0.274 e. The molecule has 1 saturated heterocycles. The van der Waals surface area contributed by atoms with Crippen LogP contribution in [0.5, 0.6) is 0 Å².